The van der Waals surface area contributed by atoms with Crippen LogP contribution in [0.2, 0.25) is 0 Å². The number of nitrogens with zero attached hydrogens (tertiary/aromatic N) is 3. The first-order valence-corrected chi connectivity index (χ1v) is 11.2. The number of hydrogen-bond acceptors (Lipinski definition) is 4. The van der Waals surface area contributed by atoms with E-state index in [1.807, 2.05) is 42.6 Å². The number of likely N-dealkylation sites (tertiary alicyclic amines) is 1. The lowest BCUT2D eigenvalue weighted by Gasteiger charge is -2.24. The first-order valence-electron chi connectivity index (χ1n) is 10.3. The molecule has 2 aromatic carbocycles. The molecular weight excluding hydrogens is 397 g/mol. The number of anilines is 2. The number of halogens is 1. The van der Waals surface area contributed by atoms with E-state index >= 15 is 0 Å². The average molecular weight is 424 g/mol. The minimum atomic E-state index is -0.179. The van der Waals surface area contributed by atoms with Crippen molar-refractivity contribution in [3.8, 4) is 0 Å². The van der Waals surface area contributed by atoms with Crippen LogP contribution < -0.4 is 4.90 Å². The third-order valence-corrected chi connectivity index (χ3v) is 6.44. The van der Waals surface area contributed by atoms with Crippen molar-refractivity contribution in [2.24, 2.45) is 0 Å². The highest BCUT2D eigenvalue weighted by Gasteiger charge is 2.26. The second-order valence-corrected chi connectivity index (χ2v) is 8.75. The number of thiazole rings is 1. The number of carbonyl (C=O) groups is 1. The van der Waals surface area contributed by atoms with Gasteiger partial charge in [-0.25, -0.2) is 9.37 Å². The van der Waals surface area contributed by atoms with Gasteiger partial charge in [0.2, 0.25) is 5.91 Å². The average Bonchev–Trinajstić information content (AvgIpc) is 3.34. The van der Waals surface area contributed by atoms with Crippen molar-refractivity contribution in [1.82, 2.24) is 9.88 Å². The molecule has 1 aromatic heterocycles. The lowest BCUT2D eigenvalue weighted by molar-refractivity contribution is -0.115. The van der Waals surface area contributed by atoms with E-state index in [-0.39, 0.29) is 11.7 Å². The number of amides is 1. The van der Waals surface area contributed by atoms with Crippen LogP contribution in [0.15, 0.2) is 53.9 Å². The standard InChI is InChI=1S/C24H26FN3OS/c1-17-8-10-22(11-9-17)28(18(2)29)24-26-21(16-30-24)15-27-12-4-7-23(27)14-19-5-3-6-20(25)13-19/h3,5-6,8-11,13,16,23H,4,7,12,14-15H2,1-2H3. The minimum Gasteiger partial charge on any atom is -0.294 e. The number of benzene rings is 2. The third kappa shape index (κ3) is 4.77. The summed E-state index contributed by atoms with van der Waals surface area (Å²) >= 11 is 1.49. The lowest BCUT2D eigenvalue weighted by Crippen LogP contribution is -2.31. The Bertz CT molecular complexity index is 1020. The summed E-state index contributed by atoms with van der Waals surface area (Å²) in [5.41, 5.74) is 3.99. The summed E-state index contributed by atoms with van der Waals surface area (Å²) in [6.07, 6.45) is 3.09. The van der Waals surface area contributed by atoms with E-state index in [4.69, 9.17) is 4.98 Å². The van der Waals surface area contributed by atoms with Crippen molar-refractivity contribution in [1.29, 1.82) is 0 Å². The first-order chi connectivity index (χ1) is 14.5. The van der Waals surface area contributed by atoms with E-state index in [1.165, 1.54) is 17.4 Å². The molecule has 30 heavy (non-hydrogen) atoms. The zero-order valence-electron chi connectivity index (χ0n) is 17.3. The molecule has 0 aliphatic carbocycles. The molecule has 0 radical (unpaired) electrons. The zero-order valence-corrected chi connectivity index (χ0v) is 18.2. The predicted octanol–water partition coefficient (Wildman–Crippen LogP) is 5.48. The monoisotopic (exact) mass is 423 g/mol. The highest BCUT2D eigenvalue weighted by atomic mass is 32.1. The Morgan fingerprint density at radius 2 is 2.07 bits per heavy atom. The van der Waals surface area contributed by atoms with Crippen molar-refractivity contribution < 1.29 is 9.18 Å². The Hall–Kier alpha value is -2.57. The van der Waals surface area contributed by atoms with E-state index in [0.29, 0.717) is 11.2 Å². The summed E-state index contributed by atoms with van der Waals surface area (Å²) in [6, 6.07) is 15.2. The van der Waals surface area contributed by atoms with Crippen LogP contribution in [-0.4, -0.2) is 28.4 Å². The van der Waals surface area contributed by atoms with Gasteiger partial charge in [-0.1, -0.05) is 29.8 Å². The molecular formula is C24H26FN3OS. The van der Waals surface area contributed by atoms with Gasteiger partial charge in [-0.2, -0.15) is 0 Å². The molecule has 1 aliphatic rings. The van der Waals surface area contributed by atoms with Gasteiger partial charge in [0.05, 0.1) is 11.4 Å². The minimum absolute atomic E-state index is 0.0510. The van der Waals surface area contributed by atoms with Crippen LogP contribution in [0.4, 0.5) is 15.2 Å². The zero-order chi connectivity index (χ0) is 21.1. The molecule has 0 spiro atoms. The van der Waals surface area contributed by atoms with Gasteiger partial charge in [0, 0.05) is 24.9 Å². The number of aryl methyl sites for hydroxylation is 1. The summed E-state index contributed by atoms with van der Waals surface area (Å²) in [5, 5.41) is 2.74. The maximum Gasteiger partial charge on any atom is 0.230 e. The van der Waals surface area contributed by atoms with Crippen LogP contribution in [0.1, 0.15) is 36.6 Å². The van der Waals surface area contributed by atoms with Crippen molar-refractivity contribution >= 4 is 28.1 Å². The summed E-state index contributed by atoms with van der Waals surface area (Å²) in [5.74, 6) is -0.230. The smallest absolute Gasteiger partial charge is 0.230 e. The highest BCUT2D eigenvalue weighted by Crippen LogP contribution is 2.31. The Balaban J connectivity index is 1.47. The van der Waals surface area contributed by atoms with Gasteiger partial charge in [0.15, 0.2) is 5.13 Å². The molecule has 1 aliphatic heterocycles. The number of rotatable bonds is 6. The van der Waals surface area contributed by atoms with Crippen molar-refractivity contribution in [2.75, 3.05) is 11.4 Å². The van der Waals surface area contributed by atoms with Crippen molar-refractivity contribution in [3.63, 3.8) is 0 Å². The lowest BCUT2D eigenvalue weighted by atomic mass is 10.0. The molecule has 2 heterocycles. The molecule has 1 fully saturated rings. The normalized spacial score (nSPS) is 16.7. The number of carbonyl (C=O) groups excluding carboxylic acids is 1. The van der Waals surface area contributed by atoms with E-state index in [1.54, 1.807) is 24.0 Å². The Morgan fingerprint density at radius 3 is 2.80 bits per heavy atom. The fourth-order valence-corrected chi connectivity index (χ4v) is 4.95. The van der Waals surface area contributed by atoms with E-state index in [9.17, 15) is 9.18 Å². The third-order valence-electron chi connectivity index (χ3n) is 5.56. The summed E-state index contributed by atoms with van der Waals surface area (Å²) < 4.78 is 13.5. The highest BCUT2D eigenvalue weighted by molar-refractivity contribution is 7.14. The fraction of sp³-hybridized carbons (Fsp3) is 0.333. The van der Waals surface area contributed by atoms with Crippen molar-refractivity contribution in [2.45, 2.75) is 45.7 Å². The maximum atomic E-state index is 13.5. The van der Waals surface area contributed by atoms with Gasteiger partial charge < -0.3 is 0 Å². The van der Waals surface area contributed by atoms with E-state index in [0.717, 1.165) is 54.9 Å². The number of hydrogen-bond donors (Lipinski definition) is 0. The predicted molar refractivity (Wildman–Crippen MR) is 120 cm³/mol. The quantitative estimate of drug-likeness (QED) is 0.527. The van der Waals surface area contributed by atoms with Crippen LogP contribution >= 0.6 is 11.3 Å². The van der Waals surface area contributed by atoms with Crippen LogP contribution in [0.3, 0.4) is 0 Å². The fourth-order valence-electron chi connectivity index (χ4n) is 4.07. The largest absolute Gasteiger partial charge is 0.294 e. The van der Waals surface area contributed by atoms with Crippen LogP contribution in [0.5, 0.6) is 0 Å². The Morgan fingerprint density at radius 1 is 1.27 bits per heavy atom. The molecule has 1 atom stereocenters. The van der Waals surface area contributed by atoms with Crippen LogP contribution in [-0.2, 0) is 17.8 Å². The molecule has 6 heteroatoms. The van der Waals surface area contributed by atoms with Gasteiger partial charge in [-0.15, -0.1) is 11.3 Å². The van der Waals surface area contributed by atoms with Gasteiger partial charge in [-0.3, -0.25) is 14.6 Å². The Kier molecular flexibility index (Phi) is 6.25. The van der Waals surface area contributed by atoms with Gasteiger partial charge >= 0.3 is 0 Å². The second-order valence-electron chi connectivity index (χ2n) is 7.91. The molecule has 4 rings (SSSR count). The van der Waals surface area contributed by atoms with Gasteiger partial charge in [0.25, 0.3) is 0 Å². The van der Waals surface area contributed by atoms with E-state index < -0.39 is 0 Å². The molecule has 156 valence electrons. The van der Waals surface area contributed by atoms with Gasteiger partial charge in [0.1, 0.15) is 5.82 Å². The van der Waals surface area contributed by atoms with E-state index in [2.05, 4.69) is 4.90 Å². The van der Waals surface area contributed by atoms with Crippen LogP contribution in [0.25, 0.3) is 0 Å². The second kappa shape index (κ2) is 9.06. The molecule has 0 saturated carbocycles. The topological polar surface area (TPSA) is 36.4 Å². The molecule has 1 saturated heterocycles. The SMILES string of the molecule is CC(=O)N(c1ccc(C)cc1)c1nc(CN2CCCC2Cc2cccc(F)c2)cs1. The first kappa shape index (κ1) is 20.7. The summed E-state index contributed by atoms with van der Waals surface area (Å²) in [4.78, 5) is 21.2. The van der Waals surface area contributed by atoms with Gasteiger partial charge in [-0.05, 0) is 62.6 Å². The Labute approximate surface area is 181 Å². The van der Waals surface area contributed by atoms with Crippen molar-refractivity contribution in [3.05, 3.63) is 76.5 Å². The molecule has 0 bridgehead atoms. The summed E-state index contributed by atoms with van der Waals surface area (Å²) in [7, 11) is 0. The maximum absolute atomic E-state index is 13.5. The molecule has 1 unspecified atom stereocenters. The number of aromatic nitrogens is 1. The molecule has 1 amide bonds. The molecule has 4 nitrogen and oxygen atoms in total. The van der Waals surface area contributed by atoms with Crippen LogP contribution in [0, 0.1) is 12.7 Å². The summed E-state index contributed by atoms with van der Waals surface area (Å²) in [6.45, 7) is 5.35. The molecule has 0 N–H and O–H groups in total. The molecule has 3 aromatic rings.